The molecule has 0 aromatic heterocycles. The molecule has 0 bridgehead atoms. The zero-order chi connectivity index (χ0) is 20.5. The van der Waals surface area contributed by atoms with E-state index in [9.17, 15) is 4.79 Å². The average molecular weight is 397 g/mol. The largest absolute Gasteiger partial charge is 0.426 e. The lowest BCUT2D eigenvalue weighted by Gasteiger charge is -2.54. The maximum absolute atomic E-state index is 12.4. The van der Waals surface area contributed by atoms with Crippen LogP contribution in [0, 0.1) is 5.41 Å². The quantitative estimate of drug-likeness (QED) is 0.301. The number of carbonyl (C=O) groups excluding carboxylic acids is 1. The van der Waals surface area contributed by atoms with Gasteiger partial charge in [0, 0.05) is 19.8 Å². The highest BCUT2D eigenvalue weighted by atomic mass is 28.4. The Morgan fingerprint density at radius 3 is 2.22 bits per heavy atom. The fraction of sp³-hybridized carbons (Fsp3) is 0.650. The summed E-state index contributed by atoms with van der Waals surface area (Å²) in [5.74, 6) is 0.164. The van der Waals surface area contributed by atoms with Crippen molar-refractivity contribution in [3.05, 3.63) is 29.8 Å². The molecule has 1 saturated heterocycles. The van der Waals surface area contributed by atoms with Gasteiger partial charge in [0.1, 0.15) is 11.9 Å². The van der Waals surface area contributed by atoms with E-state index in [1.807, 2.05) is 39.0 Å². The van der Waals surface area contributed by atoms with Gasteiger partial charge in [-0.25, -0.2) is 0 Å². The van der Waals surface area contributed by atoms with Crippen LogP contribution in [0.25, 0.3) is 0 Å². The molecule has 7 heteroatoms. The molecule has 1 aromatic carbocycles. The van der Waals surface area contributed by atoms with E-state index in [2.05, 4.69) is 19.6 Å². The van der Waals surface area contributed by atoms with Gasteiger partial charge in [-0.15, -0.1) is 0 Å². The number of benzene rings is 1. The van der Waals surface area contributed by atoms with Crippen LogP contribution < -0.4 is 4.74 Å². The Hall–Kier alpha value is -1.25. The van der Waals surface area contributed by atoms with E-state index in [-0.39, 0.29) is 5.97 Å². The lowest BCUT2D eigenvalue weighted by molar-refractivity contribution is -0.326. The zero-order valence-corrected chi connectivity index (χ0v) is 18.6. The minimum Gasteiger partial charge on any atom is -0.426 e. The number of ether oxygens (including phenoxy) is 4. The van der Waals surface area contributed by atoms with Crippen LogP contribution in [0.2, 0.25) is 19.6 Å². The topological polar surface area (TPSA) is 63.2 Å². The van der Waals surface area contributed by atoms with Crippen molar-refractivity contribution < 1.29 is 28.2 Å². The number of esters is 1. The highest BCUT2D eigenvalue weighted by Gasteiger charge is 2.59. The second-order valence-electron chi connectivity index (χ2n) is 8.84. The van der Waals surface area contributed by atoms with E-state index in [0.29, 0.717) is 12.4 Å². The molecule has 0 radical (unpaired) electrons. The molecule has 0 spiro atoms. The molecule has 0 N–H and O–H groups in total. The maximum Gasteiger partial charge on any atom is 0.316 e. The van der Waals surface area contributed by atoms with Crippen LogP contribution in [0.5, 0.6) is 5.75 Å². The van der Waals surface area contributed by atoms with Gasteiger partial charge >= 0.3 is 5.97 Å². The van der Waals surface area contributed by atoms with E-state index >= 15 is 0 Å². The third-order valence-electron chi connectivity index (χ3n) is 4.26. The fourth-order valence-electron chi connectivity index (χ4n) is 3.11. The smallest absolute Gasteiger partial charge is 0.316 e. The summed E-state index contributed by atoms with van der Waals surface area (Å²) in [4.78, 5) is 12.4. The van der Waals surface area contributed by atoms with E-state index in [0.717, 1.165) is 5.56 Å². The molecule has 27 heavy (non-hydrogen) atoms. The molecule has 0 amide bonds. The minimum atomic E-state index is -1.96. The van der Waals surface area contributed by atoms with Crippen LogP contribution in [0.1, 0.15) is 32.4 Å². The first kappa shape index (κ1) is 22.0. The van der Waals surface area contributed by atoms with E-state index in [1.54, 1.807) is 20.3 Å². The SMILES string of the molecule is COC(OC)[C@]1(O[Si](C)(C)C)CO[C@H]1c1ccccc1OC(=O)C(C)(C)C. The molecular formula is C20H32O6Si. The van der Waals surface area contributed by atoms with Crippen molar-refractivity contribution in [2.45, 2.75) is 58.4 Å². The number of hydrogen-bond donors (Lipinski definition) is 0. The van der Waals surface area contributed by atoms with Crippen LogP contribution >= 0.6 is 0 Å². The summed E-state index contributed by atoms with van der Waals surface area (Å²) in [7, 11) is 1.22. The molecule has 0 unspecified atom stereocenters. The summed E-state index contributed by atoms with van der Waals surface area (Å²) >= 11 is 0. The summed E-state index contributed by atoms with van der Waals surface area (Å²) in [6.45, 7) is 12.1. The Balaban J connectivity index is 2.43. The van der Waals surface area contributed by atoms with E-state index in [4.69, 9.17) is 23.4 Å². The second-order valence-corrected chi connectivity index (χ2v) is 13.3. The summed E-state index contributed by atoms with van der Waals surface area (Å²) < 4.78 is 29.3. The summed E-state index contributed by atoms with van der Waals surface area (Å²) in [5.41, 5.74) is -0.655. The predicted molar refractivity (Wildman–Crippen MR) is 105 cm³/mol. The minimum absolute atomic E-state index is 0.305. The van der Waals surface area contributed by atoms with Crippen molar-refractivity contribution in [2.75, 3.05) is 20.8 Å². The summed E-state index contributed by atoms with van der Waals surface area (Å²) in [6, 6.07) is 7.38. The van der Waals surface area contributed by atoms with Gasteiger partial charge in [0.25, 0.3) is 0 Å². The van der Waals surface area contributed by atoms with E-state index < -0.39 is 31.7 Å². The number of hydrogen-bond acceptors (Lipinski definition) is 6. The monoisotopic (exact) mass is 396 g/mol. The van der Waals surface area contributed by atoms with Gasteiger partial charge in [0.05, 0.1) is 12.0 Å². The van der Waals surface area contributed by atoms with Crippen molar-refractivity contribution in [3.63, 3.8) is 0 Å². The fourth-order valence-corrected chi connectivity index (χ4v) is 4.52. The highest BCUT2D eigenvalue weighted by molar-refractivity contribution is 6.69. The molecule has 152 valence electrons. The second kappa shape index (κ2) is 8.01. The van der Waals surface area contributed by atoms with Crippen LogP contribution in [-0.2, 0) is 23.4 Å². The molecule has 0 saturated carbocycles. The van der Waals surface area contributed by atoms with Crippen molar-refractivity contribution in [2.24, 2.45) is 5.41 Å². The molecule has 1 aliphatic heterocycles. The summed E-state index contributed by atoms with van der Waals surface area (Å²) in [6.07, 6.45) is -1.06. The van der Waals surface area contributed by atoms with Gasteiger partial charge in [-0.3, -0.25) is 4.79 Å². The van der Waals surface area contributed by atoms with Crippen molar-refractivity contribution >= 4 is 14.3 Å². The van der Waals surface area contributed by atoms with Crippen molar-refractivity contribution in [3.8, 4) is 5.75 Å². The summed E-state index contributed by atoms with van der Waals surface area (Å²) in [5, 5.41) is 0. The molecule has 1 fully saturated rings. The first-order valence-electron chi connectivity index (χ1n) is 9.13. The van der Waals surface area contributed by atoms with Gasteiger partial charge in [-0.05, 0) is 46.5 Å². The van der Waals surface area contributed by atoms with Gasteiger partial charge < -0.3 is 23.4 Å². The Bertz CT molecular complexity index is 659. The average Bonchev–Trinajstić information content (AvgIpc) is 2.53. The number of methoxy groups -OCH3 is 2. The number of rotatable bonds is 7. The number of carbonyl (C=O) groups is 1. The van der Waals surface area contributed by atoms with Crippen LogP contribution in [0.15, 0.2) is 24.3 Å². The number of para-hydroxylation sites is 1. The molecule has 2 atom stereocenters. The van der Waals surface area contributed by atoms with Gasteiger partial charge in [0.15, 0.2) is 20.2 Å². The van der Waals surface area contributed by atoms with Crippen LogP contribution in [0.4, 0.5) is 0 Å². The third kappa shape index (κ3) is 4.78. The Morgan fingerprint density at radius 2 is 1.78 bits per heavy atom. The lowest BCUT2D eigenvalue weighted by atomic mass is 9.85. The Kier molecular flexibility index (Phi) is 6.54. The van der Waals surface area contributed by atoms with Gasteiger partial charge in [-0.2, -0.15) is 0 Å². The molecule has 1 heterocycles. The normalized spacial score (nSPS) is 23.2. The van der Waals surface area contributed by atoms with E-state index in [1.165, 1.54) is 0 Å². The Morgan fingerprint density at radius 1 is 1.19 bits per heavy atom. The standard InChI is InChI=1S/C20H32O6Si/c1-19(2,3)17(21)25-15-12-10-9-11-14(15)16-20(13-24-16,18(22-4)23-5)26-27(6,7)8/h9-12,16,18H,13H2,1-8H3/t16-,20-/m0/s1. The highest BCUT2D eigenvalue weighted by Crippen LogP contribution is 2.49. The van der Waals surface area contributed by atoms with Crippen molar-refractivity contribution in [1.82, 2.24) is 0 Å². The van der Waals surface area contributed by atoms with Crippen LogP contribution in [-0.4, -0.2) is 47.0 Å². The molecule has 6 nitrogen and oxygen atoms in total. The lowest BCUT2D eigenvalue weighted by Crippen LogP contribution is -2.66. The molecule has 2 rings (SSSR count). The first-order valence-corrected chi connectivity index (χ1v) is 12.5. The first-order chi connectivity index (χ1) is 12.4. The Labute approximate surface area is 163 Å². The van der Waals surface area contributed by atoms with Crippen LogP contribution in [0.3, 0.4) is 0 Å². The molecular weight excluding hydrogens is 364 g/mol. The maximum atomic E-state index is 12.4. The zero-order valence-electron chi connectivity index (χ0n) is 17.6. The predicted octanol–water partition coefficient (Wildman–Crippen LogP) is 3.92. The van der Waals surface area contributed by atoms with Gasteiger partial charge in [0.2, 0.25) is 0 Å². The third-order valence-corrected chi connectivity index (χ3v) is 5.25. The van der Waals surface area contributed by atoms with Crippen molar-refractivity contribution in [1.29, 1.82) is 0 Å². The molecule has 1 aliphatic rings. The molecule has 0 aliphatic carbocycles. The molecule has 1 aromatic rings. The van der Waals surface area contributed by atoms with Gasteiger partial charge in [-0.1, -0.05) is 18.2 Å².